The Hall–Kier alpha value is -3.36. The Morgan fingerprint density at radius 1 is 1.17 bits per heavy atom. The molecule has 29 heavy (non-hydrogen) atoms. The second kappa shape index (κ2) is 6.91. The smallest absolute Gasteiger partial charge is 0.261 e. The Balaban J connectivity index is 1.22. The van der Waals surface area contributed by atoms with Gasteiger partial charge < -0.3 is 19.3 Å². The molecule has 3 aromatic rings. The fourth-order valence-electron chi connectivity index (χ4n) is 4.20. The van der Waals surface area contributed by atoms with Gasteiger partial charge in [-0.05, 0) is 43.2 Å². The third-order valence-corrected chi connectivity index (χ3v) is 5.62. The topological polar surface area (TPSA) is 85.1 Å². The minimum atomic E-state index is 0.00995. The number of aromatic nitrogens is 4. The number of ether oxygens (including phenoxy) is 2. The maximum Gasteiger partial charge on any atom is 0.261 e. The number of nitrogens with zero attached hydrogens (tertiary/aromatic N) is 6. The summed E-state index contributed by atoms with van der Waals surface area (Å²) in [7, 11) is 1.60. The summed E-state index contributed by atoms with van der Waals surface area (Å²) in [4.78, 5) is 16.9. The third-order valence-electron chi connectivity index (χ3n) is 5.62. The predicted molar refractivity (Wildman–Crippen MR) is 105 cm³/mol. The van der Waals surface area contributed by atoms with Crippen LogP contribution in [-0.2, 0) is 4.79 Å². The standard InChI is InChI=1S/C20H22N6O3/c1-13-3-4-16(17(7-13)28-2)29-11-20(27)26-14-8-15(26)10-24(9-14)19-6-5-18-22-21-12-25(18)23-19/h3-7,12,14-15H,8-11H2,1-2H3. The molecule has 2 atom stereocenters. The van der Waals surface area contributed by atoms with Gasteiger partial charge in [-0.15, -0.1) is 15.3 Å². The first-order chi connectivity index (χ1) is 14.1. The Morgan fingerprint density at radius 3 is 2.79 bits per heavy atom. The summed E-state index contributed by atoms with van der Waals surface area (Å²) < 4.78 is 12.8. The summed E-state index contributed by atoms with van der Waals surface area (Å²) >= 11 is 0. The van der Waals surface area contributed by atoms with Gasteiger partial charge in [0.15, 0.2) is 23.8 Å². The normalized spacial score (nSPS) is 20.5. The minimum absolute atomic E-state index is 0.00995. The number of carbonyl (C=O) groups is 1. The van der Waals surface area contributed by atoms with Crippen molar-refractivity contribution in [2.24, 2.45) is 0 Å². The highest BCUT2D eigenvalue weighted by Crippen LogP contribution is 2.34. The quantitative estimate of drug-likeness (QED) is 0.645. The van der Waals surface area contributed by atoms with E-state index in [2.05, 4.69) is 20.2 Å². The Kier molecular flexibility index (Phi) is 4.22. The molecule has 0 spiro atoms. The van der Waals surface area contributed by atoms with Crippen molar-refractivity contribution >= 4 is 17.4 Å². The molecule has 5 heterocycles. The second-order valence-corrected chi connectivity index (χ2v) is 7.52. The number of carbonyl (C=O) groups excluding carboxylic acids is 1. The number of hydrogen-bond acceptors (Lipinski definition) is 7. The number of hydrogen-bond donors (Lipinski definition) is 0. The van der Waals surface area contributed by atoms with Crippen molar-refractivity contribution in [1.29, 1.82) is 0 Å². The molecule has 1 amide bonds. The number of amides is 1. The molecule has 2 bridgehead atoms. The van der Waals surface area contributed by atoms with E-state index in [4.69, 9.17) is 9.47 Å². The van der Waals surface area contributed by atoms with Crippen LogP contribution in [0.2, 0.25) is 0 Å². The van der Waals surface area contributed by atoms with Gasteiger partial charge in [-0.25, -0.2) is 0 Å². The van der Waals surface area contributed by atoms with Gasteiger partial charge >= 0.3 is 0 Å². The number of piperidine rings is 1. The summed E-state index contributed by atoms with van der Waals surface area (Å²) in [5, 5.41) is 12.4. The lowest BCUT2D eigenvalue weighted by Crippen LogP contribution is -2.71. The molecule has 9 nitrogen and oxygen atoms in total. The van der Waals surface area contributed by atoms with Crippen LogP contribution in [0, 0.1) is 6.92 Å². The molecule has 3 aliphatic heterocycles. The molecule has 0 aliphatic carbocycles. The molecule has 2 aromatic heterocycles. The molecule has 9 heteroatoms. The van der Waals surface area contributed by atoms with E-state index < -0.39 is 0 Å². The molecule has 3 saturated heterocycles. The van der Waals surface area contributed by atoms with Crippen molar-refractivity contribution < 1.29 is 14.3 Å². The monoisotopic (exact) mass is 394 g/mol. The Labute approximate surface area is 167 Å². The molecule has 0 radical (unpaired) electrons. The number of benzene rings is 1. The molecule has 0 N–H and O–H groups in total. The zero-order chi connectivity index (χ0) is 20.0. The van der Waals surface area contributed by atoms with Crippen LogP contribution < -0.4 is 14.4 Å². The number of piperazine rings is 1. The van der Waals surface area contributed by atoms with Crippen molar-refractivity contribution in [2.75, 3.05) is 31.7 Å². The SMILES string of the molecule is COc1cc(C)ccc1OCC(=O)N1C2CC1CN(c1ccc3nncn3n1)C2. The second-order valence-electron chi connectivity index (χ2n) is 7.52. The van der Waals surface area contributed by atoms with Crippen LogP contribution in [0.1, 0.15) is 12.0 Å². The van der Waals surface area contributed by atoms with Crippen LogP contribution in [-0.4, -0.2) is 69.5 Å². The summed E-state index contributed by atoms with van der Waals surface area (Å²) in [6.45, 7) is 3.52. The first kappa shape index (κ1) is 17.7. The number of aryl methyl sites for hydroxylation is 1. The van der Waals surface area contributed by atoms with E-state index in [0.29, 0.717) is 11.5 Å². The van der Waals surface area contributed by atoms with Crippen molar-refractivity contribution in [3.63, 3.8) is 0 Å². The first-order valence-electron chi connectivity index (χ1n) is 9.63. The van der Waals surface area contributed by atoms with Crippen LogP contribution >= 0.6 is 0 Å². The number of fused-ring (bicyclic) bond motifs is 3. The highest BCUT2D eigenvalue weighted by molar-refractivity contribution is 5.80. The van der Waals surface area contributed by atoms with Gasteiger partial charge in [0, 0.05) is 13.1 Å². The van der Waals surface area contributed by atoms with E-state index >= 15 is 0 Å². The number of rotatable bonds is 5. The van der Waals surface area contributed by atoms with Crippen molar-refractivity contribution in [2.45, 2.75) is 25.4 Å². The predicted octanol–water partition coefficient (Wildman–Crippen LogP) is 1.31. The number of anilines is 1. The van der Waals surface area contributed by atoms with Gasteiger partial charge in [0.1, 0.15) is 12.1 Å². The third kappa shape index (κ3) is 3.12. The maximum atomic E-state index is 12.8. The Bertz CT molecular complexity index is 1060. The fourth-order valence-corrected chi connectivity index (χ4v) is 4.20. The van der Waals surface area contributed by atoms with Crippen molar-refractivity contribution in [1.82, 2.24) is 24.7 Å². The van der Waals surface area contributed by atoms with Crippen LogP contribution in [0.5, 0.6) is 11.5 Å². The van der Waals surface area contributed by atoms with Gasteiger partial charge in [-0.2, -0.15) is 4.52 Å². The Morgan fingerprint density at radius 2 is 2.00 bits per heavy atom. The van der Waals surface area contributed by atoms with E-state index in [1.165, 1.54) is 0 Å². The lowest BCUT2D eigenvalue weighted by atomic mass is 9.87. The highest BCUT2D eigenvalue weighted by atomic mass is 16.5. The van der Waals surface area contributed by atoms with E-state index in [9.17, 15) is 4.79 Å². The lowest BCUT2D eigenvalue weighted by molar-refractivity contribution is -0.148. The summed E-state index contributed by atoms with van der Waals surface area (Å²) in [6, 6.07) is 9.90. The molecule has 1 aromatic carbocycles. The molecule has 3 fully saturated rings. The van der Waals surface area contributed by atoms with Crippen LogP contribution in [0.15, 0.2) is 36.7 Å². The van der Waals surface area contributed by atoms with Crippen LogP contribution in [0.25, 0.3) is 5.65 Å². The van der Waals surface area contributed by atoms with Gasteiger partial charge in [0.2, 0.25) is 0 Å². The summed E-state index contributed by atoms with van der Waals surface area (Å²) in [6.07, 6.45) is 2.61. The largest absolute Gasteiger partial charge is 0.493 e. The molecular formula is C20H22N6O3. The minimum Gasteiger partial charge on any atom is -0.493 e. The van der Waals surface area contributed by atoms with Gasteiger partial charge in [0.05, 0.1) is 19.2 Å². The summed E-state index contributed by atoms with van der Waals surface area (Å²) in [5.41, 5.74) is 1.80. The average Bonchev–Trinajstić information content (AvgIpc) is 3.20. The summed E-state index contributed by atoms with van der Waals surface area (Å²) in [5.74, 6) is 2.11. The van der Waals surface area contributed by atoms with Gasteiger partial charge in [0.25, 0.3) is 5.91 Å². The van der Waals surface area contributed by atoms with E-state index in [-0.39, 0.29) is 24.6 Å². The zero-order valence-corrected chi connectivity index (χ0v) is 16.4. The molecule has 150 valence electrons. The first-order valence-corrected chi connectivity index (χ1v) is 9.63. The van der Waals surface area contributed by atoms with Crippen LogP contribution in [0.3, 0.4) is 0 Å². The van der Waals surface area contributed by atoms with Crippen molar-refractivity contribution in [3.05, 3.63) is 42.2 Å². The zero-order valence-electron chi connectivity index (χ0n) is 16.4. The molecule has 6 rings (SSSR count). The number of methoxy groups -OCH3 is 1. The average molecular weight is 394 g/mol. The lowest BCUT2D eigenvalue weighted by Gasteiger charge is -2.56. The van der Waals surface area contributed by atoms with Gasteiger partial charge in [-0.1, -0.05) is 6.07 Å². The van der Waals surface area contributed by atoms with E-state index in [0.717, 1.165) is 36.5 Å². The molecular weight excluding hydrogens is 372 g/mol. The maximum absolute atomic E-state index is 12.8. The van der Waals surface area contributed by atoms with E-state index in [1.807, 2.05) is 42.2 Å². The highest BCUT2D eigenvalue weighted by Gasteiger charge is 2.47. The van der Waals surface area contributed by atoms with Gasteiger partial charge in [-0.3, -0.25) is 4.79 Å². The fraction of sp³-hybridized carbons (Fsp3) is 0.400. The van der Waals surface area contributed by atoms with E-state index in [1.54, 1.807) is 18.0 Å². The molecule has 2 unspecified atom stereocenters. The van der Waals surface area contributed by atoms with Crippen molar-refractivity contribution in [3.8, 4) is 11.5 Å². The molecule has 3 aliphatic rings. The molecule has 0 saturated carbocycles. The van der Waals surface area contributed by atoms with Crippen LogP contribution in [0.4, 0.5) is 5.82 Å².